The third-order valence-corrected chi connectivity index (χ3v) is 4.09. The summed E-state index contributed by atoms with van der Waals surface area (Å²) < 4.78 is 5.34. The highest BCUT2D eigenvalue weighted by Crippen LogP contribution is 2.26. The van der Waals surface area contributed by atoms with Crippen LogP contribution in [0.3, 0.4) is 0 Å². The summed E-state index contributed by atoms with van der Waals surface area (Å²) in [6.45, 7) is 5.50. The van der Waals surface area contributed by atoms with Crippen molar-refractivity contribution in [2.45, 2.75) is 39.7 Å². The van der Waals surface area contributed by atoms with E-state index < -0.39 is 11.2 Å². The van der Waals surface area contributed by atoms with Gasteiger partial charge >= 0.3 is 5.69 Å². The van der Waals surface area contributed by atoms with E-state index in [1.807, 2.05) is 32.0 Å². The van der Waals surface area contributed by atoms with Gasteiger partial charge in [0.2, 0.25) is 5.91 Å². The zero-order valence-corrected chi connectivity index (χ0v) is 14.9. The van der Waals surface area contributed by atoms with Crippen molar-refractivity contribution in [2.75, 3.05) is 7.11 Å². The molecule has 0 aliphatic heterocycles. The number of benzene rings is 1. The van der Waals surface area contributed by atoms with E-state index in [0.717, 1.165) is 11.1 Å². The minimum atomic E-state index is -0.545. The minimum absolute atomic E-state index is 0.147. The first-order valence-electron chi connectivity index (χ1n) is 8.07. The third kappa shape index (κ3) is 4.59. The molecule has 3 N–H and O–H groups in total. The molecule has 7 nitrogen and oxygen atoms in total. The van der Waals surface area contributed by atoms with E-state index in [1.54, 1.807) is 14.0 Å². The molecule has 2 aromatic rings. The summed E-state index contributed by atoms with van der Waals surface area (Å²) in [6.07, 6.45) is 0.399. The topological polar surface area (TPSA) is 104 Å². The van der Waals surface area contributed by atoms with Crippen LogP contribution >= 0.6 is 0 Å². The molecule has 1 aromatic carbocycles. The number of H-pyrrole nitrogens is 2. The Morgan fingerprint density at radius 1 is 1.24 bits per heavy atom. The Hall–Kier alpha value is -2.83. The Balaban J connectivity index is 2.05. The van der Waals surface area contributed by atoms with Crippen LogP contribution in [0.4, 0.5) is 0 Å². The molecular formula is C18H23N3O4. The fraction of sp³-hybridized carbons (Fsp3) is 0.389. The second-order valence-electron chi connectivity index (χ2n) is 6.05. The summed E-state index contributed by atoms with van der Waals surface area (Å²) in [5.41, 5.74) is 1.87. The molecule has 0 aliphatic carbocycles. The number of ether oxygens (including phenoxy) is 1. The fourth-order valence-electron chi connectivity index (χ4n) is 2.75. The van der Waals surface area contributed by atoms with Gasteiger partial charge in [0.1, 0.15) is 5.75 Å². The maximum Gasteiger partial charge on any atom is 0.325 e. The fourth-order valence-corrected chi connectivity index (χ4v) is 2.75. The van der Waals surface area contributed by atoms with Crippen molar-refractivity contribution in [3.8, 4) is 5.75 Å². The zero-order valence-electron chi connectivity index (χ0n) is 14.9. The number of aromatic amines is 2. The van der Waals surface area contributed by atoms with Gasteiger partial charge < -0.3 is 15.0 Å². The zero-order chi connectivity index (χ0) is 18.6. The molecule has 0 spiro atoms. The SMILES string of the molecule is COc1ccc(C)cc1[C@H](C)NC(=O)CCc1c(C)[nH]c(=O)[nH]c1=O. The Morgan fingerprint density at radius 3 is 2.60 bits per heavy atom. The molecule has 1 amide bonds. The molecule has 1 heterocycles. The largest absolute Gasteiger partial charge is 0.496 e. The highest BCUT2D eigenvalue weighted by atomic mass is 16.5. The number of aryl methyl sites for hydroxylation is 2. The molecule has 0 radical (unpaired) electrons. The average Bonchev–Trinajstić information content (AvgIpc) is 2.53. The lowest BCUT2D eigenvalue weighted by molar-refractivity contribution is -0.121. The van der Waals surface area contributed by atoms with E-state index in [4.69, 9.17) is 4.74 Å². The maximum atomic E-state index is 12.2. The second-order valence-corrected chi connectivity index (χ2v) is 6.05. The molecule has 0 saturated heterocycles. The normalized spacial score (nSPS) is 11.8. The molecular weight excluding hydrogens is 322 g/mol. The van der Waals surface area contributed by atoms with Gasteiger partial charge in [-0.25, -0.2) is 4.79 Å². The van der Waals surface area contributed by atoms with E-state index in [1.165, 1.54) is 0 Å². The first-order valence-corrected chi connectivity index (χ1v) is 8.07. The van der Waals surface area contributed by atoms with Crippen LogP contribution in [0.1, 0.15) is 41.8 Å². The number of rotatable bonds is 6. The molecule has 1 aromatic heterocycles. The average molecular weight is 345 g/mol. The van der Waals surface area contributed by atoms with Crippen LogP contribution < -0.4 is 21.3 Å². The first kappa shape index (κ1) is 18.5. The number of aromatic nitrogens is 2. The number of carbonyl (C=O) groups excluding carboxylic acids is 1. The van der Waals surface area contributed by atoms with Gasteiger partial charge in [0.15, 0.2) is 0 Å². The van der Waals surface area contributed by atoms with Crippen molar-refractivity contribution in [1.82, 2.24) is 15.3 Å². The van der Waals surface area contributed by atoms with Crippen LogP contribution in [0.15, 0.2) is 27.8 Å². The first-order chi connectivity index (χ1) is 11.8. The van der Waals surface area contributed by atoms with Gasteiger partial charge in [-0.05, 0) is 33.3 Å². The van der Waals surface area contributed by atoms with Crippen LogP contribution in [0.25, 0.3) is 0 Å². The second kappa shape index (κ2) is 7.83. The monoisotopic (exact) mass is 345 g/mol. The smallest absolute Gasteiger partial charge is 0.325 e. The van der Waals surface area contributed by atoms with E-state index in [2.05, 4.69) is 15.3 Å². The molecule has 0 fully saturated rings. The summed E-state index contributed by atoms with van der Waals surface area (Å²) in [7, 11) is 1.59. The summed E-state index contributed by atoms with van der Waals surface area (Å²) in [5, 5.41) is 2.92. The lowest BCUT2D eigenvalue weighted by atomic mass is 10.0. The molecule has 2 rings (SSSR count). The lowest BCUT2D eigenvalue weighted by Gasteiger charge is -2.18. The van der Waals surface area contributed by atoms with Crippen LogP contribution in [0.2, 0.25) is 0 Å². The van der Waals surface area contributed by atoms with Gasteiger partial charge in [-0.2, -0.15) is 0 Å². The van der Waals surface area contributed by atoms with Crippen LogP contribution in [0, 0.1) is 13.8 Å². The van der Waals surface area contributed by atoms with Gasteiger partial charge in [0, 0.05) is 23.2 Å². The van der Waals surface area contributed by atoms with Crippen molar-refractivity contribution < 1.29 is 9.53 Å². The molecule has 0 bridgehead atoms. The molecule has 7 heteroatoms. The summed E-state index contributed by atoms with van der Waals surface area (Å²) in [5.74, 6) is 0.535. The number of hydrogen-bond acceptors (Lipinski definition) is 4. The Kier molecular flexibility index (Phi) is 5.80. The standard InChI is InChI=1S/C18H23N3O4/c1-10-5-7-15(25-4)14(9-10)12(3)19-16(22)8-6-13-11(2)20-18(24)21-17(13)23/h5,7,9,12H,6,8H2,1-4H3,(H,19,22)(H2,20,21,23,24)/t12-/m0/s1. The van der Waals surface area contributed by atoms with Crippen LogP contribution in [0.5, 0.6) is 5.75 Å². The molecule has 134 valence electrons. The Labute approximate surface area is 145 Å². The maximum absolute atomic E-state index is 12.2. The van der Waals surface area contributed by atoms with E-state index >= 15 is 0 Å². The van der Waals surface area contributed by atoms with Crippen molar-refractivity contribution in [2.24, 2.45) is 0 Å². The lowest BCUT2D eigenvalue weighted by Crippen LogP contribution is -2.30. The van der Waals surface area contributed by atoms with Crippen molar-refractivity contribution >= 4 is 5.91 Å². The minimum Gasteiger partial charge on any atom is -0.496 e. The van der Waals surface area contributed by atoms with Crippen LogP contribution in [-0.2, 0) is 11.2 Å². The summed E-state index contributed by atoms with van der Waals surface area (Å²) in [6, 6.07) is 5.57. The van der Waals surface area contributed by atoms with Gasteiger partial charge in [0.25, 0.3) is 5.56 Å². The number of nitrogens with one attached hydrogen (secondary N) is 3. The molecule has 25 heavy (non-hydrogen) atoms. The Morgan fingerprint density at radius 2 is 1.96 bits per heavy atom. The number of methoxy groups -OCH3 is 1. The predicted molar refractivity (Wildman–Crippen MR) is 95.0 cm³/mol. The van der Waals surface area contributed by atoms with Gasteiger partial charge in [0.05, 0.1) is 13.2 Å². The highest BCUT2D eigenvalue weighted by Gasteiger charge is 2.15. The molecule has 0 unspecified atom stereocenters. The molecule has 1 atom stereocenters. The third-order valence-electron chi connectivity index (χ3n) is 4.09. The number of amides is 1. The molecule has 0 aliphatic rings. The van der Waals surface area contributed by atoms with Gasteiger partial charge in [-0.1, -0.05) is 17.7 Å². The Bertz CT molecular complexity index is 883. The van der Waals surface area contributed by atoms with Crippen LogP contribution in [-0.4, -0.2) is 23.0 Å². The number of hydrogen-bond donors (Lipinski definition) is 3. The van der Waals surface area contributed by atoms with Crippen molar-refractivity contribution in [3.63, 3.8) is 0 Å². The molecule has 0 saturated carbocycles. The van der Waals surface area contributed by atoms with E-state index in [0.29, 0.717) is 17.0 Å². The van der Waals surface area contributed by atoms with Gasteiger partial charge in [-0.15, -0.1) is 0 Å². The van der Waals surface area contributed by atoms with Crippen molar-refractivity contribution in [3.05, 3.63) is 61.4 Å². The van der Waals surface area contributed by atoms with E-state index in [9.17, 15) is 14.4 Å². The summed E-state index contributed by atoms with van der Waals surface area (Å²) in [4.78, 5) is 40.0. The van der Waals surface area contributed by atoms with Gasteiger partial charge in [-0.3, -0.25) is 14.6 Å². The predicted octanol–water partition coefficient (Wildman–Crippen LogP) is 1.50. The highest BCUT2D eigenvalue weighted by molar-refractivity contribution is 5.76. The summed E-state index contributed by atoms with van der Waals surface area (Å²) >= 11 is 0. The van der Waals surface area contributed by atoms with E-state index in [-0.39, 0.29) is 24.8 Å². The van der Waals surface area contributed by atoms with Crippen molar-refractivity contribution in [1.29, 1.82) is 0 Å². The quantitative estimate of drug-likeness (QED) is 0.738. The number of carbonyl (C=O) groups is 1.